The molecule has 0 radical (unpaired) electrons. The molecule has 2 atom stereocenters. The van der Waals surface area contributed by atoms with Gasteiger partial charge < -0.3 is 14.5 Å². The van der Waals surface area contributed by atoms with Crippen molar-refractivity contribution in [2.24, 2.45) is 0 Å². The maximum Gasteiger partial charge on any atom is 0.270 e. The number of fused-ring (bicyclic) bond motifs is 2. The number of nitrogens with one attached hydrogen (secondary N) is 1. The Morgan fingerprint density at radius 2 is 1.85 bits per heavy atom. The molecule has 2 saturated heterocycles. The fraction of sp³-hybridized carbons (Fsp3) is 0.333. The van der Waals surface area contributed by atoms with Crippen LogP contribution in [0, 0.1) is 0 Å². The molecular formula is C21H21N3O3. The van der Waals surface area contributed by atoms with Crippen molar-refractivity contribution in [3.63, 3.8) is 0 Å². The van der Waals surface area contributed by atoms with Crippen LogP contribution in [0.25, 0.3) is 17.1 Å². The van der Waals surface area contributed by atoms with E-state index < -0.39 is 0 Å². The van der Waals surface area contributed by atoms with E-state index in [1.165, 1.54) is 0 Å². The first kappa shape index (κ1) is 16.3. The average Bonchev–Trinajstić information content (AvgIpc) is 3.42. The van der Waals surface area contributed by atoms with Crippen molar-refractivity contribution in [1.29, 1.82) is 0 Å². The van der Waals surface area contributed by atoms with E-state index in [2.05, 4.69) is 10.4 Å². The molecule has 0 saturated carbocycles. The molecule has 2 aliphatic rings. The smallest absolute Gasteiger partial charge is 0.270 e. The maximum absolute atomic E-state index is 13.1. The number of amides is 1. The molecule has 2 fully saturated rings. The number of nitrogens with zero attached hydrogens (tertiary/aromatic N) is 2. The Bertz CT molecular complexity index is 921. The van der Waals surface area contributed by atoms with E-state index >= 15 is 0 Å². The highest BCUT2D eigenvalue weighted by molar-refractivity contribution is 5.94. The summed E-state index contributed by atoms with van der Waals surface area (Å²) in [5.41, 5.74) is 1.99. The number of para-hydroxylation sites is 1. The summed E-state index contributed by atoms with van der Waals surface area (Å²) in [5.74, 6) is 0.526. The summed E-state index contributed by atoms with van der Waals surface area (Å²) < 4.78 is 13.0. The Morgan fingerprint density at radius 3 is 2.56 bits per heavy atom. The largest absolute Gasteiger partial charge is 0.463 e. The molecule has 27 heavy (non-hydrogen) atoms. The second-order valence-corrected chi connectivity index (χ2v) is 7.24. The molecular weight excluding hydrogens is 342 g/mol. The summed E-state index contributed by atoms with van der Waals surface area (Å²) >= 11 is 0. The highest BCUT2D eigenvalue weighted by Crippen LogP contribution is 2.32. The number of hydrogen-bond acceptors (Lipinski definition) is 4. The van der Waals surface area contributed by atoms with Gasteiger partial charge in [0.15, 0.2) is 5.76 Å². The van der Waals surface area contributed by atoms with Gasteiger partial charge in [-0.05, 0) is 49.9 Å². The third-order valence-corrected chi connectivity index (χ3v) is 5.34. The molecule has 6 heteroatoms. The molecule has 1 amide bonds. The number of benzene rings is 1. The van der Waals surface area contributed by atoms with Gasteiger partial charge in [0.2, 0.25) is 0 Å². The van der Waals surface area contributed by atoms with Crippen molar-refractivity contribution in [3.05, 3.63) is 60.5 Å². The predicted molar refractivity (Wildman–Crippen MR) is 99.6 cm³/mol. The number of hydrogen-bond donors (Lipinski definition) is 1. The first-order chi connectivity index (χ1) is 13.3. The standard InChI is InChI=1S/C21H21N3O3/c25-21(22-14-11-16-8-9-17(12-14)27-16)19-13-18(20-7-4-10-26-20)23-24(19)15-5-2-1-3-6-15/h1-7,10,13-14,16-17H,8-9,11-12H2,(H,22,25). The number of rotatable bonds is 4. The zero-order valence-electron chi connectivity index (χ0n) is 14.9. The minimum absolute atomic E-state index is 0.115. The van der Waals surface area contributed by atoms with Crippen molar-refractivity contribution in [2.45, 2.75) is 43.9 Å². The van der Waals surface area contributed by atoms with E-state index in [0.29, 0.717) is 17.1 Å². The van der Waals surface area contributed by atoms with Gasteiger partial charge in [0.05, 0.1) is 24.2 Å². The van der Waals surface area contributed by atoms with Gasteiger partial charge in [0.25, 0.3) is 5.91 Å². The highest BCUT2D eigenvalue weighted by atomic mass is 16.5. The monoisotopic (exact) mass is 363 g/mol. The van der Waals surface area contributed by atoms with E-state index in [0.717, 1.165) is 31.4 Å². The lowest BCUT2D eigenvalue weighted by atomic mass is 10.0. The fourth-order valence-electron chi connectivity index (χ4n) is 4.09. The summed E-state index contributed by atoms with van der Waals surface area (Å²) in [7, 11) is 0. The van der Waals surface area contributed by atoms with Crippen molar-refractivity contribution < 1.29 is 13.9 Å². The summed E-state index contributed by atoms with van der Waals surface area (Å²) in [4.78, 5) is 13.1. The number of aromatic nitrogens is 2. The Hall–Kier alpha value is -2.86. The SMILES string of the molecule is O=C(NC1CC2CCC(C1)O2)c1cc(-c2ccco2)nn1-c1ccccc1. The first-order valence-corrected chi connectivity index (χ1v) is 9.42. The molecule has 138 valence electrons. The van der Waals surface area contributed by atoms with Crippen LogP contribution in [0.4, 0.5) is 0 Å². The number of carbonyl (C=O) groups is 1. The van der Waals surface area contributed by atoms with Gasteiger partial charge in [-0.1, -0.05) is 18.2 Å². The molecule has 3 aromatic rings. The van der Waals surface area contributed by atoms with E-state index in [1.807, 2.05) is 42.5 Å². The summed E-state index contributed by atoms with van der Waals surface area (Å²) in [6.07, 6.45) is 6.13. The van der Waals surface area contributed by atoms with Gasteiger partial charge in [0, 0.05) is 12.1 Å². The van der Waals surface area contributed by atoms with Gasteiger partial charge in [-0.3, -0.25) is 4.79 Å². The van der Waals surface area contributed by atoms with Crippen molar-refractivity contribution in [3.8, 4) is 17.1 Å². The van der Waals surface area contributed by atoms with Crippen LogP contribution in [0.5, 0.6) is 0 Å². The molecule has 2 aliphatic heterocycles. The predicted octanol–water partition coefficient (Wildman–Crippen LogP) is 3.57. The van der Waals surface area contributed by atoms with Crippen molar-refractivity contribution in [2.75, 3.05) is 0 Å². The van der Waals surface area contributed by atoms with Gasteiger partial charge >= 0.3 is 0 Å². The Morgan fingerprint density at radius 1 is 1.07 bits per heavy atom. The molecule has 2 unspecified atom stereocenters. The third kappa shape index (κ3) is 3.17. The molecule has 4 heterocycles. The molecule has 0 aliphatic carbocycles. The number of ether oxygens (including phenoxy) is 1. The maximum atomic E-state index is 13.1. The van der Waals surface area contributed by atoms with Crippen molar-refractivity contribution >= 4 is 5.91 Å². The molecule has 0 spiro atoms. The van der Waals surface area contributed by atoms with E-state index in [9.17, 15) is 4.79 Å². The average molecular weight is 363 g/mol. The van der Waals surface area contributed by atoms with E-state index in [-0.39, 0.29) is 24.2 Å². The van der Waals surface area contributed by atoms with Crippen LogP contribution in [0.1, 0.15) is 36.2 Å². The van der Waals surface area contributed by atoms with Gasteiger partial charge in [-0.25, -0.2) is 4.68 Å². The lowest BCUT2D eigenvalue weighted by Crippen LogP contribution is -2.42. The lowest BCUT2D eigenvalue weighted by Gasteiger charge is -2.28. The highest BCUT2D eigenvalue weighted by Gasteiger charge is 2.36. The Kier molecular flexibility index (Phi) is 4.05. The van der Waals surface area contributed by atoms with Gasteiger partial charge in [0.1, 0.15) is 11.4 Å². The molecule has 2 aromatic heterocycles. The van der Waals surface area contributed by atoms with Crippen LogP contribution < -0.4 is 5.32 Å². The van der Waals surface area contributed by atoms with Crippen LogP contribution in [0.15, 0.2) is 59.2 Å². The molecule has 6 nitrogen and oxygen atoms in total. The normalized spacial score (nSPS) is 24.1. The van der Waals surface area contributed by atoms with Crippen LogP contribution in [0.3, 0.4) is 0 Å². The lowest BCUT2D eigenvalue weighted by molar-refractivity contribution is -0.00779. The zero-order valence-corrected chi connectivity index (χ0v) is 14.9. The fourth-order valence-corrected chi connectivity index (χ4v) is 4.09. The summed E-state index contributed by atoms with van der Waals surface area (Å²) in [5, 5.41) is 7.81. The van der Waals surface area contributed by atoms with E-state index in [1.54, 1.807) is 17.0 Å². The molecule has 5 rings (SSSR count). The Balaban J connectivity index is 1.45. The zero-order chi connectivity index (χ0) is 18.2. The van der Waals surface area contributed by atoms with Crippen LogP contribution in [-0.2, 0) is 4.74 Å². The first-order valence-electron chi connectivity index (χ1n) is 9.42. The summed E-state index contributed by atoms with van der Waals surface area (Å²) in [6.45, 7) is 0. The van der Waals surface area contributed by atoms with Gasteiger partial charge in [-0.2, -0.15) is 5.10 Å². The molecule has 1 aromatic carbocycles. The third-order valence-electron chi connectivity index (χ3n) is 5.34. The van der Waals surface area contributed by atoms with E-state index in [4.69, 9.17) is 9.15 Å². The minimum Gasteiger partial charge on any atom is -0.463 e. The number of carbonyl (C=O) groups excluding carboxylic acids is 1. The minimum atomic E-state index is -0.115. The van der Waals surface area contributed by atoms with Crippen LogP contribution in [0.2, 0.25) is 0 Å². The second-order valence-electron chi connectivity index (χ2n) is 7.24. The van der Waals surface area contributed by atoms with Crippen molar-refractivity contribution in [1.82, 2.24) is 15.1 Å². The Labute approximate surface area is 157 Å². The summed E-state index contributed by atoms with van der Waals surface area (Å²) in [6, 6.07) is 15.3. The second kappa shape index (κ2) is 6.70. The topological polar surface area (TPSA) is 69.3 Å². The van der Waals surface area contributed by atoms with Gasteiger partial charge in [-0.15, -0.1) is 0 Å². The number of furan rings is 1. The quantitative estimate of drug-likeness (QED) is 0.769. The molecule has 2 bridgehead atoms. The van der Waals surface area contributed by atoms with Crippen LogP contribution >= 0.6 is 0 Å². The molecule has 1 N–H and O–H groups in total. The van der Waals surface area contributed by atoms with Crippen LogP contribution in [-0.4, -0.2) is 33.9 Å².